The van der Waals surface area contributed by atoms with Crippen molar-refractivity contribution in [2.75, 3.05) is 6.54 Å². The second-order valence-corrected chi connectivity index (χ2v) is 5.71. The predicted octanol–water partition coefficient (Wildman–Crippen LogP) is 3.59. The van der Waals surface area contributed by atoms with Crippen LogP contribution in [0.4, 0.5) is 0 Å². The zero-order valence-electron chi connectivity index (χ0n) is 12.3. The molecule has 0 aromatic carbocycles. The molecular weight excluding hydrogens is 226 g/mol. The monoisotopic (exact) mass is 253 g/mol. The molecule has 0 spiro atoms. The average molecular weight is 253 g/mol. The van der Waals surface area contributed by atoms with Gasteiger partial charge in [-0.25, -0.2) is 0 Å². The first-order valence-electron chi connectivity index (χ1n) is 6.87. The lowest BCUT2D eigenvalue weighted by Gasteiger charge is -2.15. The summed E-state index contributed by atoms with van der Waals surface area (Å²) in [6, 6.07) is 2.07. The van der Waals surface area contributed by atoms with Crippen LogP contribution in [-0.4, -0.2) is 12.6 Å². The normalized spacial score (nSPS) is 13.5. The van der Waals surface area contributed by atoms with Crippen molar-refractivity contribution in [3.05, 3.63) is 23.7 Å². The van der Waals surface area contributed by atoms with Crippen molar-refractivity contribution < 1.29 is 9.15 Å². The third-order valence-electron chi connectivity index (χ3n) is 3.02. The Morgan fingerprint density at radius 2 is 1.94 bits per heavy atom. The van der Waals surface area contributed by atoms with Crippen LogP contribution in [0.2, 0.25) is 0 Å². The molecule has 104 valence electrons. The van der Waals surface area contributed by atoms with E-state index in [1.54, 1.807) is 0 Å². The highest BCUT2D eigenvalue weighted by Crippen LogP contribution is 2.12. The second kappa shape index (κ2) is 7.59. The van der Waals surface area contributed by atoms with Crippen LogP contribution in [0.3, 0.4) is 0 Å². The second-order valence-electron chi connectivity index (χ2n) is 5.71. The molecule has 0 aliphatic heterocycles. The van der Waals surface area contributed by atoms with E-state index in [4.69, 9.17) is 9.15 Å². The maximum absolute atomic E-state index is 5.73. The molecule has 0 saturated heterocycles. The van der Waals surface area contributed by atoms with Crippen molar-refractivity contribution in [1.29, 1.82) is 0 Å². The molecule has 0 fully saturated rings. The van der Waals surface area contributed by atoms with Crippen molar-refractivity contribution >= 4 is 0 Å². The average Bonchev–Trinajstić information content (AvgIpc) is 2.73. The lowest BCUT2D eigenvalue weighted by atomic mass is 10.1. The van der Waals surface area contributed by atoms with Gasteiger partial charge < -0.3 is 14.5 Å². The molecule has 3 nitrogen and oxygen atoms in total. The van der Waals surface area contributed by atoms with Crippen molar-refractivity contribution in [2.24, 2.45) is 11.8 Å². The van der Waals surface area contributed by atoms with Crippen LogP contribution in [0.15, 0.2) is 16.7 Å². The summed E-state index contributed by atoms with van der Waals surface area (Å²) >= 11 is 0. The Morgan fingerprint density at radius 3 is 2.56 bits per heavy atom. The fraction of sp³-hybridized carbons (Fsp3) is 0.733. The first-order valence-corrected chi connectivity index (χ1v) is 6.87. The molecule has 0 saturated carbocycles. The molecule has 0 radical (unpaired) electrons. The van der Waals surface area contributed by atoms with Gasteiger partial charge in [-0.05, 0) is 31.4 Å². The molecule has 1 atom stereocenters. The van der Waals surface area contributed by atoms with E-state index < -0.39 is 0 Å². The Bertz CT molecular complexity index is 331. The largest absolute Gasteiger partial charge is 0.467 e. The SMILES string of the molecule is CC(C)CNCc1coc(COC(C)C(C)C)c1. The summed E-state index contributed by atoms with van der Waals surface area (Å²) in [4.78, 5) is 0. The molecule has 1 aromatic rings. The molecule has 0 bridgehead atoms. The number of hydrogen-bond donors (Lipinski definition) is 1. The van der Waals surface area contributed by atoms with Crippen LogP contribution in [0.25, 0.3) is 0 Å². The summed E-state index contributed by atoms with van der Waals surface area (Å²) in [5.41, 5.74) is 1.19. The first-order chi connectivity index (χ1) is 8.49. The summed E-state index contributed by atoms with van der Waals surface area (Å²) in [6.07, 6.45) is 2.07. The van der Waals surface area contributed by atoms with E-state index in [-0.39, 0.29) is 6.10 Å². The van der Waals surface area contributed by atoms with E-state index in [0.717, 1.165) is 18.8 Å². The van der Waals surface area contributed by atoms with E-state index in [1.165, 1.54) is 5.56 Å². The quantitative estimate of drug-likeness (QED) is 0.769. The van der Waals surface area contributed by atoms with E-state index in [0.29, 0.717) is 18.4 Å². The molecule has 1 aromatic heterocycles. The Balaban J connectivity index is 2.30. The molecule has 18 heavy (non-hydrogen) atoms. The van der Waals surface area contributed by atoms with Gasteiger partial charge in [-0.1, -0.05) is 27.7 Å². The maximum Gasteiger partial charge on any atom is 0.129 e. The molecular formula is C15H27NO2. The van der Waals surface area contributed by atoms with Crippen LogP contribution in [0.5, 0.6) is 0 Å². The van der Waals surface area contributed by atoms with Crippen LogP contribution in [0, 0.1) is 11.8 Å². The van der Waals surface area contributed by atoms with E-state index in [2.05, 4.69) is 46.0 Å². The Labute approximate surface area is 111 Å². The van der Waals surface area contributed by atoms with Gasteiger partial charge in [-0.2, -0.15) is 0 Å². The van der Waals surface area contributed by atoms with Crippen molar-refractivity contribution in [1.82, 2.24) is 5.32 Å². The van der Waals surface area contributed by atoms with Crippen molar-refractivity contribution in [3.63, 3.8) is 0 Å². The van der Waals surface area contributed by atoms with E-state index in [1.807, 2.05) is 6.26 Å². The Kier molecular flexibility index (Phi) is 6.44. The predicted molar refractivity (Wildman–Crippen MR) is 74.3 cm³/mol. The van der Waals surface area contributed by atoms with Gasteiger partial charge in [0, 0.05) is 12.1 Å². The third kappa shape index (κ3) is 5.69. The molecule has 3 heteroatoms. The number of rotatable bonds is 8. The molecule has 0 amide bonds. The van der Waals surface area contributed by atoms with Gasteiger partial charge in [0.1, 0.15) is 12.4 Å². The van der Waals surface area contributed by atoms with Crippen LogP contribution in [-0.2, 0) is 17.9 Å². The standard InChI is InChI=1S/C15H27NO2/c1-11(2)7-16-8-14-6-15(18-9-14)10-17-13(5)12(3)4/h6,9,11-13,16H,7-8,10H2,1-5H3. The zero-order chi connectivity index (χ0) is 13.5. The summed E-state index contributed by atoms with van der Waals surface area (Å²) in [5.74, 6) is 2.11. The van der Waals surface area contributed by atoms with Gasteiger partial charge in [0.05, 0.1) is 12.4 Å². The van der Waals surface area contributed by atoms with Gasteiger partial charge in [-0.3, -0.25) is 0 Å². The van der Waals surface area contributed by atoms with Crippen molar-refractivity contribution in [2.45, 2.75) is 53.9 Å². The molecule has 1 heterocycles. The Hall–Kier alpha value is -0.800. The van der Waals surface area contributed by atoms with Gasteiger partial charge in [0.25, 0.3) is 0 Å². The van der Waals surface area contributed by atoms with Gasteiger partial charge in [-0.15, -0.1) is 0 Å². The summed E-state index contributed by atoms with van der Waals surface area (Å²) in [5, 5.41) is 3.40. The number of furan rings is 1. The van der Waals surface area contributed by atoms with Crippen molar-refractivity contribution in [3.8, 4) is 0 Å². The number of nitrogens with one attached hydrogen (secondary N) is 1. The topological polar surface area (TPSA) is 34.4 Å². The number of hydrogen-bond acceptors (Lipinski definition) is 3. The molecule has 0 aliphatic carbocycles. The Morgan fingerprint density at radius 1 is 1.22 bits per heavy atom. The van der Waals surface area contributed by atoms with E-state index in [9.17, 15) is 0 Å². The highest BCUT2D eigenvalue weighted by atomic mass is 16.5. The minimum absolute atomic E-state index is 0.262. The molecule has 1 rings (SSSR count). The third-order valence-corrected chi connectivity index (χ3v) is 3.02. The number of ether oxygens (including phenoxy) is 1. The lowest BCUT2D eigenvalue weighted by Crippen LogP contribution is -2.18. The zero-order valence-corrected chi connectivity index (χ0v) is 12.3. The fourth-order valence-corrected chi connectivity index (χ4v) is 1.51. The molecule has 0 aliphatic rings. The lowest BCUT2D eigenvalue weighted by molar-refractivity contribution is 0.0149. The highest BCUT2D eigenvalue weighted by molar-refractivity contribution is 5.12. The molecule has 1 N–H and O–H groups in total. The highest BCUT2D eigenvalue weighted by Gasteiger charge is 2.09. The van der Waals surface area contributed by atoms with E-state index >= 15 is 0 Å². The van der Waals surface area contributed by atoms with Crippen LogP contribution < -0.4 is 5.32 Å². The minimum Gasteiger partial charge on any atom is -0.467 e. The van der Waals surface area contributed by atoms with Crippen LogP contribution in [0.1, 0.15) is 45.9 Å². The summed E-state index contributed by atoms with van der Waals surface area (Å²) in [6.45, 7) is 13.3. The maximum atomic E-state index is 5.73. The smallest absolute Gasteiger partial charge is 0.129 e. The van der Waals surface area contributed by atoms with Gasteiger partial charge in [0.15, 0.2) is 0 Å². The van der Waals surface area contributed by atoms with Crippen LogP contribution >= 0.6 is 0 Å². The first kappa shape index (κ1) is 15.3. The summed E-state index contributed by atoms with van der Waals surface area (Å²) < 4.78 is 11.2. The van der Waals surface area contributed by atoms with Gasteiger partial charge >= 0.3 is 0 Å². The molecule has 1 unspecified atom stereocenters. The van der Waals surface area contributed by atoms with Gasteiger partial charge in [0.2, 0.25) is 0 Å². The minimum atomic E-state index is 0.262. The fourth-order valence-electron chi connectivity index (χ4n) is 1.51. The summed E-state index contributed by atoms with van der Waals surface area (Å²) in [7, 11) is 0.